The normalized spacial score (nSPS) is 19.0. The first-order valence-corrected chi connectivity index (χ1v) is 7.47. The summed E-state index contributed by atoms with van der Waals surface area (Å²) in [5, 5.41) is 0. The summed E-state index contributed by atoms with van der Waals surface area (Å²) < 4.78 is 5.92. The van der Waals surface area contributed by atoms with Crippen molar-refractivity contribution in [3.05, 3.63) is 20.8 Å². The quantitative estimate of drug-likeness (QED) is 0.800. The van der Waals surface area contributed by atoms with Gasteiger partial charge in [-0.1, -0.05) is 0 Å². The number of amides is 1. The Morgan fingerprint density at radius 3 is 2.94 bits per heavy atom. The van der Waals surface area contributed by atoms with E-state index in [9.17, 15) is 9.59 Å². The van der Waals surface area contributed by atoms with Crippen molar-refractivity contribution in [2.75, 3.05) is 13.2 Å². The van der Waals surface area contributed by atoms with Crippen LogP contribution in [0.2, 0.25) is 0 Å². The van der Waals surface area contributed by atoms with Crippen molar-refractivity contribution in [2.24, 2.45) is 0 Å². The highest BCUT2D eigenvalue weighted by atomic mass is 79.9. The molecule has 0 bridgehead atoms. The topological polar surface area (TPSA) is 46.6 Å². The second kappa shape index (κ2) is 5.84. The number of ether oxygens (including phenoxy) is 1. The summed E-state index contributed by atoms with van der Waals surface area (Å²) in [6, 6.07) is 3.20. The number of hydrogen-bond donors (Lipinski definition) is 0. The van der Waals surface area contributed by atoms with Gasteiger partial charge in [-0.2, -0.15) is 0 Å². The Hall–Kier alpha value is -0.880. The van der Waals surface area contributed by atoms with E-state index in [0.717, 1.165) is 10.2 Å². The fourth-order valence-corrected chi connectivity index (χ4v) is 3.41. The second-order valence-corrected chi connectivity index (χ2v) is 6.48. The number of likely N-dealkylation sites (tertiary alicyclic amines) is 1. The molecule has 4 nitrogen and oxygen atoms in total. The third-order valence-electron chi connectivity index (χ3n) is 2.86. The van der Waals surface area contributed by atoms with Gasteiger partial charge in [0, 0.05) is 6.54 Å². The van der Waals surface area contributed by atoms with Gasteiger partial charge in [0.05, 0.1) is 15.3 Å². The number of carbonyl (C=O) groups is 2. The lowest BCUT2D eigenvalue weighted by atomic mass is 10.2. The van der Waals surface area contributed by atoms with Crippen molar-refractivity contribution < 1.29 is 14.3 Å². The molecule has 2 rings (SSSR count). The molecule has 98 valence electrons. The molecule has 6 heteroatoms. The first-order chi connectivity index (χ1) is 8.63. The minimum Gasteiger partial charge on any atom is -0.464 e. The van der Waals surface area contributed by atoms with Crippen molar-refractivity contribution in [2.45, 2.75) is 25.8 Å². The Kier molecular flexibility index (Phi) is 4.40. The predicted octanol–water partition coefficient (Wildman–Crippen LogP) is 2.68. The minimum absolute atomic E-state index is 0.0822. The van der Waals surface area contributed by atoms with Gasteiger partial charge in [-0.3, -0.25) is 4.79 Å². The van der Waals surface area contributed by atoms with Crippen molar-refractivity contribution in [3.63, 3.8) is 0 Å². The Bertz CT molecular complexity index is 460. The van der Waals surface area contributed by atoms with Crippen LogP contribution in [0.4, 0.5) is 0 Å². The molecular formula is C12H14BrNO3S. The molecule has 0 saturated carbocycles. The van der Waals surface area contributed by atoms with Crippen LogP contribution in [-0.2, 0) is 9.53 Å². The molecule has 0 N–H and O–H groups in total. The van der Waals surface area contributed by atoms with Gasteiger partial charge in [0.15, 0.2) is 0 Å². The number of halogens is 1. The van der Waals surface area contributed by atoms with Crippen LogP contribution in [0.3, 0.4) is 0 Å². The molecule has 0 aliphatic carbocycles. The third kappa shape index (κ3) is 2.75. The first-order valence-electron chi connectivity index (χ1n) is 5.86. The Morgan fingerprint density at radius 1 is 1.56 bits per heavy atom. The molecule has 1 amide bonds. The molecule has 0 spiro atoms. The van der Waals surface area contributed by atoms with Crippen molar-refractivity contribution in [1.82, 2.24) is 4.90 Å². The van der Waals surface area contributed by atoms with E-state index in [-0.39, 0.29) is 11.9 Å². The van der Waals surface area contributed by atoms with Gasteiger partial charge in [0.25, 0.3) is 5.91 Å². The van der Waals surface area contributed by atoms with Crippen LogP contribution in [0.25, 0.3) is 0 Å². The standard InChI is InChI=1S/C12H14BrNO3S/c1-2-17-12(16)8-4-3-7-14(8)11(15)9-5-6-10(13)18-9/h5-6,8H,2-4,7H2,1H3. The van der Waals surface area contributed by atoms with Gasteiger partial charge >= 0.3 is 5.97 Å². The van der Waals surface area contributed by atoms with Crippen LogP contribution in [0.1, 0.15) is 29.4 Å². The summed E-state index contributed by atoms with van der Waals surface area (Å²) >= 11 is 4.72. The maximum absolute atomic E-state index is 12.3. The highest BCUT2D eigenvalue weighted by Gasteiger charge is 2.35. The summed E-state index contributed by atoms with van der Waals surface area (Å²) in [5.74, 6) is -0.375. The van der Waals surface area contributed by atoms with Gasteiger partial charge in [0.1, 0.15) is 6.04 Å². The first kappa shape index (κ1) is 13.5. The molecule has 1 saturated heterocycles. The third-order valence-corrected chi connectivity index (χ3v) is 4.47. The highest BCUT2D eigenvalue weighted by Crippen LogP contribution is 2.27. The highest BCUT2D eigenvalue weighted by molar-refractivity contribution is 9.11. The number of rotatable bonds is 3. The lowest BCUT2D eigenvalue weighted by Crippen LogP contribution is -2.41. The van der Waals surface area contributed by atoms with Gasteiger partial charge in [-0.25, -0.2) is 4.79 Å². The maximum Gasteiger partial charge on any atom is 0.328 e. The van der Waals surface area contributed by atoms with Crippen LogP contribution >= 0.6 is 27.3 Å². The Morgan fingerprint density at radius 2 is 2.33 bits per heavy atom. The van der Waals surface area contributed by atoms with E-state index in [2.05, 4.69) is 15.9 Å². The zero-order valence-corrected chi connectivity index (χ0v) is 12.4. The number of esters is 1. The van der Waals surface area contributed by atoms with Crippen LogP contribution < -0.4 is 0 Å². The second-order valence-electron chi connectivity index (χ2n) is 4.01. The number of carbonyl (C=O) groups excluding carboxylic acids is 2. The van der Waals surface area contributed by atoms with Crippen LogP contribution in [0.5, 0.6) is 0 Å². The summed E-state index contributed by atoms with van der Waals surface area (Å²) in [5.41, 5.74) is 0. The van der Waals surface area contributed by atoms with E-state index in [0.29, 0.717) is 24.4 Å². The summed E-state index contributed by atoms with van der Waals surface area (Å²) in [7, 11) is 0. The van der Waals surface area contributed by atoms with E-state index >= 15 is 0 Å². The Balaban J connectivity index is 2.11. The molecular weight excluding hydrogens is 318 g/mol. The molecule has 1 aromatic heterocycles. The zero-order valence-electron chi connectivity index (χ0n) is 10.0. The molecule has 1 aromatic rings. The lowest BCUT2D eigenvalue weighted by molar-refractivity contribution is -0.147. The fourth-order valence-electron chi connectivity index (χ4n) is 2.06. The van der Waals surface area contributed by atoms with Gasteiger partial charge in [0.2, 0.25) is 0 Å². The van der Waals surface area contributed by atoms with Crippen LogP contribution in [0, 0.1) is 0 Å². The molecule has 1 atom stereocenters. The molecule has 0 aromatic carbocycles. The van der Waals surface area contributed by atoms with Gasteiger partial charge in [-0.15, -0.1) is 11.3 Å². The predicted molar refractivity (Wildman–Crippen MR) is 72.7 cm³/mol. The molecule has 1 aliphatic rings. The molecule has 2 heterocycles. The van der Waals surface area contributed by atoms with Crippen LogP contribution in [-0.4, -0.2) is 36.0 Å². The van der Waals surface area contributed by atoms with E-state index < -0.39 is 6.04 Å². The SMILES string of the molecule is CCOC(=O)C1CCCN1C(=O)c1ccc(Br)s1. The van der Waals surface area contributed by atoms with Gasteiger partial charge in [-0.05, 0) is 47.8 Å². The van der Waals surface area contributed by atoms with E-state index in [4.69, 9.17) is 4.74 Å². The molecule has 1 fully saturated rings. The average Bonchev–Trinajstić information content (AvgIpc) is 2.96. The minimum atomic E-state index is -0.418. The van der Waals surface area contributed by atoms with E-state index in [1.165, 1.54) is 11.3 Å². The van der Waals surface area contributed by atoms with Crippen molar-refractivity contribution >= 4 is 39.1 Å². The maximum atomic E-state index is 12.3. The summed E-state index contributed by atoms with van der Waals surface area (Å²) in [4.78, 5) is 26.3. The molecule has 1 unspecified atom stereocenters. The lowest BCUT2D eigenvalue weighted by Gasteiger charge is -2.22. The number of hydrogen-bond acceptors (Lipinski definition) is 4. The smallest absolute Gasteiger partial charge is 0.328 e. The summed E-state index contributed by atoms with van der Waals surface area (Å²) in [6.45, 7) is 2.75. The zero-order chi connectivity index (χ0) is 13.1. The Labute approximate surface area is 118 Å². The average molecular weight is 332 g/mol. The van der Waals surface area contributed by atoms with E-state index in [1.54, 1.807) is 17.9 Å². The fraction of sp³-hybridized carbons (Fsp3) is 0.500. The molecule has 0 radical (unpaired) electrons. The number of nitrogens with zero attached hydrogens (tertiary/aromatic N) is 1. The van der Waals surface area contributed by atoms with Gasteiger partial charge < -0.3 is 9.64 Å². The monoisotopic (exact) mass is 331 g/mol. The van der Waals surface area contributed by atoms with E-state index in [1.807, 2.05) is 6.07 Å². The molecule has 18 heavy (non-hydrogen) atoms. The van der Waals surface area contributed by atoms with Crippen LogP contribution in [0.15, 0.2) is 15.9 Å². The van der Waals surface area contributed by atoms with Crippen molar-refractivity contribution in [1.29, 1.82) is 0 Å². The molecule has 1 aliphatic heterocycles. The summed E-state index contributed by atoms with van der Waals surface area (Å²) in [6.07, 6.45) is 1.54. The number of thiophene rings is 1. The largest absolute Gasteiger partial charge is 0.464 e. The van der Waals surface area contributed by atoms with Crippen molar-refractivity contribution in [3.8, 4) is 0 Å².